The number of rotatable bonds is 56. The van der Waals surface area contributed by atoms with Gasteiger partial charge in [-0.15, -0.1) is 0 Å². The van der Waals surface area contributed by atoms with Crippen molar-refractivity contribution < 1.29 is 38.0 Å². The van der Waals surface area contributed by atoms with E-state index in [9.17, 15) is 4.79 Å². The molecule has 0 fully saturated rings. The SMILES string of the molecule is CCCCCc1ccc(N=Nc2ccc(OC(CCCC)CCCCCOc3cc(C(=O)OCC)cc(OCCCCCC(CCCC)Oc4ccc(N=Nc5ccc(CCCCC)cc5)cc4)c3OCCCCCC(CCCC)Oc3ccc(N=Nc4ccc(CCCCC)cc4)cc3)cc2)cc1. The molecule has 3 unspecified atom stereocenters. The molecule has 0 saturated carbocycles. The highest BCUT2D eigenvalue weighted by Crippen LogP contribution is 2.41. The molecule has 0 amide bonds. The number of nitrogens with zero attached hydrogens (tertiary/aromatic N) is 6. The molecule has 0 bridgehead atoms. The Balaban J connectivity index is 0.947. The van der Waals surface area contributed by atoms with Gasteiger partial charge in [0.25, 0.3) is 0 Å². The summed E-state index contributed by atoms with van der Waals surface area (Å²) in [6.45, 7) is 16.8. The van der Waals surface area contributed by atoms with Gasteiger partial charge in [0.1, 0.15) is 17.2 Å². The van der Waals surface area contributed by atoms with Gasteiger partial charge in [-0.25, -0.2) is 4.79 Å². The lowest BCUT2D eigenvalue weighted by atomic mass is 10.0. The Morgan fingerprint density at radius 1 is 0.298 bits per heavy atom. The number of azo groups is 3. The van der Waals surface area contributed by atoms with E-state index in [1.165, 1.54) is 74.5 Å². The molecule has 0 aliphatic heterocycles. The van der Waals surface area contributed by atoms with Crippen LogP contribution in [0.15, 0.2) is 188 Å². The van der Waals surface area contributed by atoms with Gasteiger partial charge in [-0.2, -0.15) is 30.7 Å². The third-order valence-electron chi connectivity index (χ3n) is 18.7. The highest BCUT2D eigenvalue weighted by atomic mass is 16.5. The summed E-state index contributed by atoms with van der Waals surface area (Å²) in [5.74, 6) is 3.56. The molecule has 0 N–H and O–H groups in total. The first-order valence-corrected chi connectivity index (χ1v) is 40.2. The van der Waals surface area contributed by atoms with Crippen molar-refractivity contribution in [3.8, 4) is 34.5 Å². The molecule has 0 aliphatic carbocycles. The molecule has 14 heteroatoms. The standard InChI is InChI=1S/C90H124N6O8/c1-8-15-24-33-71-42-48-75(49-43-71)91-94-78-54-60-84(61-55-78)102-81(36-18-11-4)39-27-21-30-66-99-87-69-74(90(97)98-14-7)70-88(100-67-31-22-28-40-82(37-19-12-5)103-85-62-56-79(57-63-85)95-92-76-50-44-72(45-51-76)34-25-16-9-2)89(87)101-68-32-23-29-41-83(38-20-13-6)104-86-64-58-80(59-65-86)96-93-77-52-46-73(47-53-77)35-26-17-10-3/h42-65,69-70,81-83H,8-41,66-68H2,1-7H3. The lowest BCUT2D eigenvalue weighted by Gasteiger charge is -2.20. The summed E-state index contributed by atoms with van der Waals surface area (Å²) in [5.41, 5.74) is 9.28. The van der Waals surface area contributed by atoms with E-state index in [1.807, 2.05) is 116 Å². The van der Waals surface area contributed by atoms with Crippen molar-refractivity contribution in [3.63, 3.8) is 0 Å². The van der Waals surface area contributed by atoms with Crippen LogP contribution in [-0.2, 0) is 24.0 Å². The highest BCUT2D eigenvalue weighted by Gasteiger charge is 2.21. The normalized spacial score (nSPS) is 12.5. The predicted octanol–water partition coefficient (Wildman–Crippen LogP) is 28.0. The van der Waals surface area contributed by atoms with E-state index in [4.69, 9.17) is 33.2 Å². The van der Waals surface area contributed by atoms with E-state index in [1.54, 1.807) is 12.1 Å². The van der Waals surface area contributed by atoms with Gasteiger partial charge in [0.2, 0.25) is 5.75 Å². The second kappa shape index (κ2) is 50.9. The van der Waals surface area contributed by atoms with Crippen LogP contribution >= 0.6 is 0 Å². The van der Waals surface area contributed by atoms with Crippen molar-refractivity contribution in [1.82, 2.24) is 0 Å². The molecule has 0 radical (unpaired) electrons. The molecule has 0 saturated heterocycles. The zero-order chi connectivity index (χ0) is 73.3. The molecule has 0 aliphatic rings. The smallest absolute Gasteiger partial charge is 0.338 e. The summed E-state index contributed by atoms with van der Waals surface area (Å²) < 4.78 is 45.5. The Morgan fingerprint density at radius 2 is 0.567 bits per heavy atom. The summed E-state index contributed by atoms with van der Waals surface area (Å²) in [7, 11) is 0. The number of hydrogen-bond acceptors (Lipinski definition) is 14. The van der Waals surface area contributed by atoms with E-state index >= 15 is 0 Å². The molecule has 7 rings (SSSR count). The second-order valence-corrected chi connectivity index (χ2v) is 27.7. The third kappa shape index (κ3) is 33.2. The lowest BCUT2D eigenvalue weighted by Crippen LogP contribution is -2.16. The van der Waals surface area contributed by atoms with Gasteiger partial charge in [0.15, 0.2) is 11.5 Å². The quantitative estimate of drug-likeness (QED) is 0.0207. The van der Waals surface area contributed by atoms with E-state index < -0.39 is 5.97 Å². The fourth-order valence-electron chi connectivity index (χ4n) is 12.5. The number of hydrogen-bond donors (Lipinski definition) is 0. The molecule has 104 heavy (non-hydrogen) atoms. The number of unbranched alkanes of at least 4 members (excludes halogenated alkanes) is 15. The van der Waals surface area contributed by atoms with Crippen LogP contribution in [0.25, 0.3) is 0 Å². The summed E-state index contributed by atoms with van der Waals surface area (Å²) in [4.78, 5) is 13.6. The van der Waals surface area contributed by atoms with E-state index in [2.05, 4.69) is 109 Å². The molecule has 0 heterocycles. The van der Waals surface area contributed by atoms with E-state index in [0.29, 0.717) is 42.6 Å². The fraction of sp³-hybridized carbons (Fsp3) is 0.522. The minimum Gasteiger partial charge on any atom is -0.490 e. The van der Waals surface area contributed by atoms with Crippen LogP contribution in [0.5, 0.6) is 34.5 Å². The number of carbonyl (C=O) groups is 1. The summed E-state index contributed by atoms with van der Waals surface area (Å²) >= 11 is 0. The predicted molar refractivity (Wildman–Crippen MR) is 427 cm³/mol. The fourth-order valence-corrected chi connectivity index (χ4v) is 12.5. The number of esters is 1. The maximum atomic E-state index is 13.6. The maximum absolute atomic E-state index is 13.6. The number of ether oxygens (including phenoxy) is 7. The van der Waals surface area contributed by atoms with Gasteiger partial charge in [0.05, 0.1) is 84.4 Å². The zero-order valence-corrected chi connectivity index (χ0v) is 64.4. The monoisotopic (exact) mass is 1420 g/mol. The summed E-state index contributed by atoms with van der Waals surface area (Å²) in [6, 6.07) is 52.6. The maximum Gasteiger partial charge on any atom is 0.338 e. The molecule has 7 aromatic rings. The van der Waals surface area contributed by atoms with Crippen LogP contribution in [0.2, 0.25) is 0 Å². The van der Waals surface area contributed by atoms with Gasteiger partial charge < -0.3 is 33.2 Å². The van der Waals surface area contributed by atoms with Crippen LogP contribution in [0.1, 0.15) is 268 Å². The first-order valence-electron chi connectivity index (χ1n) is 40.2. The van der Waals surface area contributed by atoms with Gasteiger partial charge in [-0.05, 0) is 280 Å². The summed E-state index contributed by atoms with van der Waals surface area (Å²) in [5, 5.41) is 27.0. The first-order chi connectivity index (χ1) is 51.2. The van der Waals surface area contributed by atoms with Crippen molar-refractivity contribution in [2.75, 3.05) is 26.4 Å². The van der Waals surface area contributed by atoms with E-state index in [-0.39, 0.29) is 24.9 Å². The Kier molecular flexibility index (Phi) is 40.6. The second-order valence-electron chi connectivity index (χ2n) is 27.7. The van der Waals surface area contributed by atoms with E-state index in [0.717, 1.165) is 205 Å². The molecule has 562 valence electrons. The van der Waals surface area contributed by atoms with Crippen molar-refractivity contribution in [3.05, 3.63) is 180 Å². The Hall–Kier alpha value is -8.39. The lowest BCUT2D eigenvalue weighted by molar-refractivity contribution is 0.0525. The Morgan fingerprint density at radius 3 is 0.846 bits per heavy atom. The van der Waals surface area contributed by atoms with Crippen LogP contribution in [0.3, 0.4) is 0 Å². The molecular weight excluding hydrogens is 1290 g/mol. The molecule has 7 aromatic carbocycles. The molecule has 0 spiro atoms. The zero-order valence-electron chi connectivity index (χ0n) is 64.4. The summed E-state index contributed by atoms with van der Waals surface area (Å²) in [6.07, 6.45) is 35.0. The van der Waals surface area contributed by atoms with Crippen molar-refractivity contribution >= 4 is 40.1 Å². The van der Waals surface area contributed by atoms with Gasteiger partial charge in [-0.1, -0.05) is 155 Å². The number of carbonyl (C=O) groups excluding carboxylic acids is 1. The topological polar surface area (TPSA) is 156 Å². The average Bonchev–Trinajstić information content (AvgIpc) is 0.815. The Labute approximate surface area is 625 Å². The van der Waals surface area contributed by atoms with Gasteiger partial charge in [-0.3, -0.25) is 0 Å². The van der Waals surface area contributed by atoms with Gasteiger partial charge in [0, 0.05) is 0 Å². The molecule has 14 nitrogen and oxygen atoms in total. The van der Waals surface area contributed by atoms with Crippen molar-refractivity contribution in [1.29, 1.82) is 0 Å². The minimum atomic E-state index is -0.434. The highest BCUT2D eigenvalue weighted by molar-refractivity contribution is 5.91. The van der Waals surface area contributed by atoms with Crippen LogP contribution in [-0.4, -0.2) is 50.7 Å². The largest absolute Gasteiger partial charge is 0.490 e. The molecular formula is C90H124N6O8. The van der Waals surface area contributed by atoms with Gasteiger partial charge >= 0.3 is 5.97 Å². The van der Waals surface area contributed by atoms with Crippen LogP contribution in [0.4, 0.5) is 34.1 Å². The first kappa shape index (κ1) is 82.9. The Bertz CT molecular complexity index is 3330. The van der Waals surface area contributed by atoms with Crippen molar-refractivity contribution in [2.24, 2.45) is 30.7 Å². The van der Waals surface area contributed by atoms with Crippen LogP contribution < -0.4 is 28.4 Å². The number of aryl methyl sites for hydroxylation is 3. The van der Waals surface area contributed by atoms with Crippen LogP contribution in [0, 0.1) is 0 Å². The molecule has 0 aromatic heterocycles. The van der Waals surface area contributed by atoms with Crippen molar-refractivity contribution in [2.45, 2.75) is 279 Å². The number of benzene rings is 7. The minimum absolute atomic E-state index is 0.0862. The average molecular weight is 1420 g/mol. The molecule has 3 atom stereocenters. The third-order valence-corrected chi connectivity index (χ3v) is 18.7.